The second-order valence-electron chi connectivity index (χ2n) is 5.70. The van der Waals surface area contributed by atoms with Crippen molar-refractivity contribution in [3.8, 4) is 16.1 Å². The molecule has 0 saturated heterocycles. The Labute approximate surface area is 166 Å². The number of thiazole rings is 2. The van der Waals surface area contributed by atoms with Crippen LogP contribution < -0.4 is 0 Å². The maximum atomic E-state index is 12.7. The average Bonchev–Trinajstić information content (AvgIpc) is 3.35. The standard InChI is InChI=1S/C18H12N4O2S3/c1-3-22-17(23)11(9(2)12(8-19)18(22)24)6-10-7-13-14(26-10)21-16(27-13)15-20-4-5-25-15/h4-7H,3H2,1-2H3/b11-6-. The van der Waals surface area contributed by atoms with E-state index in [1.54, 1.807) is 48.8 Å². The first-order valence-electron chi connectivity index (χ1n) is 8.03. The molecule has 0 saturated carbocycles. The Morgan fingerprint density at radius 1 is 1.26 bits per heavy atom. The highest BCUT2D eigenvalue weighted by Crippen LogP contribution is 2.37. The molecular formula is C18H12N4O2S3. The number of nitriles is 1. The van der Waals surface area contributed by atoms with Crippen molar-refractivity contribution in [1.29, 1.82) is 5.26 Å². The second kappa shape index (κ2) is 6.81. The summed E-state index contributed by atoms with van der Waals surface area (Å²) in [5.41, 5.74) is 0.817. The zero-order chi connectivity index (χ0) is 19.1. The molecule has 9 heteroatoms. The van der Waals surface area contributed by atoms with E-state index in [0.717, 1.165) is 29.3 Å². The maximum Gasteiger partial charge on any atom is 0.271 e. The van der Waals surface area contributed by atoms with Crippen molar-refractivity contribution in [2.45, 2.75) is 13.8 Å². The Morgan fingerprint density at radius 3 is 2.70 bits per heavy atom. The van der Waals surface area contributed by atoms with Crippen molar-refractivity contribution in [3.63, 3.8) is 0 Å². The number of nitrogens with zero attached hydrogens (tertiary/aromatic N) is 4. The van der Waals surface area contributed by atoms with Gasteiger partial charge in [0, 0.05) is 28.6 Å². The van der Waals surface area contributed by atoms with Gasteiger partial charge in [-0.1, -0.05) is 0 Å². The fourth-order valence-electron chi connectivity index (χ4n) is 2.80. The highest BCUT2D eigenvalue weighted by molar-refractivity contribution is 7.30. The lowest BCUT2D eigenvalue weighted by molar-refractivity contribution is -0.140. The molecule has 4 rings (SSSR count). The third kappa shape index (κ3) is 2.92. The predicted octanol–water partition coefficient (Wildman–Crippen LogP) is 4.09. The monoisotopic (exact) mass is 412 g/mol. The van der Waals surface area contributed by atoms with Crippen LogP contribution in [0.2, 0.25) is 0 Å². The van der Waals surface area contributed by atoms with E-state index in [9.17, 15) is 14.9 Å². The zero-order valence-electron chi connectivity index (χ0n) is 14.3. The van der Waals surface area contributed by atoms with Gasteiger partial charge in [0.15, 0.2) is 10.0 Å². The number of rotatable bonds is 3. The van der Waals surface area contributed by atoms with Gasteiger partial charge >= 0.3 is 0 Å². The minimum Gasteiger partial charge on any atom is -0.274 e. The Morgan fingerprint density at radius 2 is 2.07 bits per heavy atom. The average molecular weight is 413 g/mol. The SMILES string of the molecule is CCN1C(=O)C(C#N)=C(C)/C(=C/c2cc3sc(-c4nccs4)nc3s2)C1=O. The molecule has 0 spiro atoms. The van der Waals surface area contributed by atoms with E-state index in [0.29, 0.717) is 11.1 Å². The van der Waals surface area contributed by atoms with Crippen molar-refractivity contribution >= 4 is 61.4 Å². The molecule has 1 aliphatic heterocycles. The topological polar surface area (TPSA) is 86.9 Å². The first kappa shape index (κ1) is 17.7. The molecule has 0 radical (unpaired) electrons. The third-order valence-corrected chi connectivity index (χ3v) is 7.18. The van der Waals surface area contributed by atoms with Gasteiger partial charge < -0.3 is 0 Å². The van der Waals surface area contributed by atoms with Gasteiger partial charge in [-0.3, -0.25) is 14.5 Å². The van der Waals surface area contributed by atoms with E-state index in [4.69, 9.17) is 0 Å². The van der Waals surface area contributed by atoms with Crippen molar-refractivity contribution < 1.29 is 9.59 Å². The smallest absolute Gasteiger partial charge is 0.271 e. The first-order valence-corrected chi connectivity index (χ1v) is 10.5. The molecule has 0 fully saturated rings. The molecule has 2 amide bonds. The van der Waals surface area contributed by atoms with Crippen molar-refractivity contribution in [2.24, 2.45) is 0 Å². The molecule has 0 atom stereocenters. The Bertz CT molecular complexity index is 1140. The van der Waals surface area contributed by atoms with Crippen LogP contribution in [0.4, 0.5) is 0 Å². The van der Waals surface area contributed by atoms with Crippen LogP contribution >= 0.6 is 34.0 Å². The molecule has 0 aromatic carbocycles. The van der Waals surface area contributed by atoms with Gasteiger partial charge in [-0.25, -0.2) is 9.97 Å². The molecular weight excluding hydrogens is 400 g/mol. The lowest BCUT2D eigenvalue weighted by Crippen LogP contribution is -2.42. The van der Waals surface area contributed by atoms with E-state index in [2.05, 4.69) is 9.97 Å². The molecule has 134 valence electrons. The molecule has 6 nitrogen and oxygen atoms in total. The maximum absolute atomic E-state index is 12.7. The van der Waals surface area contributed by atoms with Crippen molar-refractivity contribution in [3.05, 3.63) is 39.2 Å². The summed E-state index contributed by atoms with van der Waals surface area (Å²) in [6, 6.07) is 3.90. The van der Waals surface area contributed by atoms with E-state index in [1.165, 1.54) is 11.3 Å². The molecule has 3 aromatic rings. The van der Waals surface area contributed by atoms with Gasteiger partial charge in [-0.15, -0.1) is 34.0 Å². The van der Waals surface area contributed by atoms with Gasteiger partial charge in [0.2, 0.25) is 0 Å². The summed E-state index contributed by atoms with van der Waals surface area (Å²) in [6.07, 6.45) is 3.49. The van der Waals surface area contributed by atoms with Crippen molar-refractivity contribution in [1.82, 2.24) is 14.9 Å². The van der Waals surface area contributed by atoms with E-state index < -0.39 is 5.91 Å². The van der Waals surface area contributed by atoms with Crippen LogP contribution in [0, 0.1) is 11.3 Å². The highest BCUT2D eigenvalue weighted by Gasteiger charge is 2.34. The molecule has 1 aliphatic rings. The Kier molecular flexibility index (Phi) is 4.47. The molecule has 0 bridgehead atoms. The lowest BCUT2D eigenvalue weighted by atomic mass is 9.95. The summed E-state index contributed by atoms with van der Waals surface area (Å²) in [6.45, 7) is 3.59. The Hall–Kier alpha value is -2.67. The molecule has 3 aromatic heterocycles. The predicted molar refractivity (Wildman–Crippen MR) is 107 cm³/mol. The number of carbonyl (C=O) groups is 2. The summed E-state index contributed by atoms with van der Waals surface area (Å²) in [7, 11) is 0. The van der Waals surface area contributed by atoms with Gasteiger partial charge in [0.25, 0.3) is 11.8 Å². The quantitative estimate of drug-likeness (QED) is 0.478. The number of carbonyl (C=O) groups excluding carboxylic acids is 2. The number of fused-ring (bicyclic) bond motifs is 1. The highest BCUT2D eigenvalue weighted by atomic mass is 32.1. The molecule has 0 aliphatic carbocycles. The normalized spacial score (nSPS) is 16.6. The number of hydrogen-bond acceptors (Lipinski definition) is 8. The fraction of sp³-hybridized carbons (Fsp3) is 0.167. The third-order valence-electron chi connectivity index (χ3n) is 4.15. The van der Waals surface area contributed by atoms with Gasteiger partial charge in [-0.2, -0.15) is 5.26 Å². The molecule has 27 heavy (non-hydrogen) atoms. The fourth-order valence-corrected chi connectivity index (χ4v) is 5.65. The number of thiophene rings is 1. The summed E-state index contributed by atoms with van der Waals surface area (Å²) in [4.78, 5) is 36.7. The number of amides is 2. The first-order chi connectivity index (χ1) is 13.0. The van der Waals surface area contributed by atoms with E-state index >= 15 is 0 Å². The van der Waals surface area contributed by atoms with Crippen LogP contribution in [0.5, 0.6) is 0 Å². The van der Waals surface area contributed by atoms with Gasteiger partial charge in [0.05, 0.1) is 4.70 Å². The number of likely N-dealkylation sites (N-methyl/N-ethyl adjacent to an activating group) is 1. The van der Waals surface area contributed by atoms with Crippen LogP contribution in [-0.2, 0) is 9.59 Å². The Balaban J connectivity index is 1.77. The number of hydrogen-bond donors (Lipinski definition) is 0. The molecule has 0 unspecified atom stereocenters. The van der Waals surface area contributed by atoms with Gasteiger partial charge in [0.1, 0.15) is 16.5 Å². The largest absolute Gasteiger partial charge is 0.274 e. The van der Waals surface area contributed by atoms with Crippen LogP contribution in [0.25, 0.3) is 25.6 Å². The number of imide groups is 1. The summed E-state index contributed by atoms with van der Waals surface area (Å²) in [5, 5.41) is 13.0. The minimum absolute atomic E-state index is 0.0187. The second-order valence-corrected chi connectivity index (χ2v) is 8.69. The summed E-state index contributed by atoms with van der Waals surface area (Å²) < 4.78 is 1.02. The van der Waals surface area contributed by atoms with Crippen LogP contribution in [-0.4, -0.2) is 33.2 Å². The van der Waals surface area contributed by atoms with Gasteiger partial charge in [-0.05, 0) is 31.6 Å². The van der Waals surface area contributed by atoms with E-state index in [1.807, 2.05) is 17.5 Å². The minimum atomic E-state index is -0.526. The number of aromatic nitrogens is 2. The lowest BCUT2D eigenvalue weighted by Gasteiger charge is -2.26. The van der Waals surface area contributed by atoms with Crippen LogP contribution in [0.3, 0.4) is 0 Å². The molecule has 4 heterocycles. The van der Waals surface area contributed by atoms with Crippen LogP contribution in [0.1, 0.15) is 18.7 Å². The summed E-state index contributed by atoms with van der Waals surface area (Å²) in [5.74, 6) is -0.895. The van der Waals surface area contributed by atoms with Crippen LogP contribution in [0.15, 0.2) is 34.4 Å². The van der Waals surface area contributed by atoms with Crippen molar-refractivity contribution in [2.75, 3.05) is 6.54 Å². The molecule has 0 N–H and O–H groups in total. The summed E-state index contributed by atoms with van der Waals surface area (Å²) >= 11 is 4.57. The van der Waals surface area contributed by atoms with E-state index in [-0.39, 0.29) is 18.0 Å². The zero-order valence-corrected chi connectivity index (χ0v) is 16.8.